The molecule has 0 bridgehead atoms. The van der Waals surface area contributed by atoms with Gasteiger partial charge in [0.25, 0.3) is 0 Å². The van der Waals surface area contributed by atoms with Crippen LogP contribution in [0.2, 0.25) is 0 Å². The number of piperazine rings is 1. The van der Waals surface area contributed by atoms with E-state index in [1.807, 2.05) is 12.3 Å². The van der Waals surface area contributed by atoms with Gasteiger partial charge in [0, 0.05) is 63.4 Å². The van der Waals surface area contributed by atoms with Gasteiger partial charge in [0.1, 0.15) is 5.69 Å². The summed E-state index contributed by atoms with van der Waals surface area (Å²) in [6.07, 6.45) is 8.46. The van der Waals surface area contributed by atoms with Crippen LogP contribution >= 0.6 is 0 Å². The maximum Gasteiger partial charge on any atom is 0.183 e. The molecule has 1 aliphatic heterocycles. The van der Waals surface area contributed by atoms with Crippen molar-refractivity contribution in [2.24, 2.45) is 5.92 Å². The highest BCUT2D eigenvalue weighted by molar-refractivity contribution is 6.04. The van der Waals surface area contributed by atoms with Crippen molar-refractivity contribution in [2.75, 3.05) is 31.1 Å². The average molecular weight is 435 g/mol. The number of rotatable bonds is 6. The monoisotopic (exact) mass is 434 g/mol. The standard InChI is InChI=1S/C25H27FN4O2/c1-2-23(31)25-21(26)11-19(14-28-25)30-7-5-29(6-8-30)15-16-9-18-10-24(32)20(17-3-4-17)12-22(18)27-13-16/h9,11-14,17H,2-8,10,15H2,1H3. The zero-order valence-electron chi connectivity index (χ0n) is 18.3. The normalized spacial score (nSPS) is 19.0. The quantitative estimate of drug-likeness (QED) is 0.649. The number of Topliss-reactive ketones (excluding diaryl/α,β-unsaturated/α-hetero) is 2. The van der Waals surface area contributed by atoms with E-state index in [-0.39, 0.29) is 23.7 Å². The SMILES string of the molecule is CCC(=O)c1ncc(N2CCN(Cc3cnc4c(c3)CC(=O)C(C3CC3)=C4)CC2)cc1F. The first-order valence-corrected chi connectivity index (χ1v) is 11.4. The number of halogens is 1. The number of pyridine rings is 2. The minimum Gasteiger partial charge on any atom is -0.368 e. The van der Waals surface area contributed by atoms with Crippen molar-refractivity contribution in [3.8, 4) is 0 Å². The third-order valence-corrected chi connectivity index (χ3v) is 6.60. The fourth-order valence-electron chi connectivity index (χ4n) is 4.57. The molecule has 1 saturated heterocycles. The van der Waals surface area contributed by atoms with E-state index in [0.717, 1.165) is 68.0 Å². The summed E-state index contributed by atoms with van der Waals surface area (Å²) in [7, 11) is 0. The van der Waals surface area contributed by atoms with E-state index in [9.17, 15) is 14.0 Å². The predicted molar refractivity (Wildman–Crippen MR) is 120 cm³/mol. The van der Waals surface area contributed by atoms with Crippen molar-refractivity contribution in [3.63, 3.8) is 0 Å². The molecular formula is C25H27FN4O2. The van der Waals surface area contributed by atoms with E-state index in [0.29, 0.717) is 18.0 Å². The Kier molecular flexibility index (Phi) is 5.59. The lowest BCUT2D eigenvalue weighted by molar-refractivity contribution is -0.115. The second-order valence-corrected chi connectivity index (χ2v) is 8.93. The molecule has 2 aromatic heterocycles. The summed E-state index contributed by atoms with van der Waals surface area (Å²) in [6.45, 7) is 5.66. The van der Waals surface area contributed by atoms with Gasteiger partial charge < -0.3 is 4.90 Å². The minimum atomic E-state index is -0.551. The second-order valence-electron chi connectivity index (χ2n) is 8.93. The maximum absolute atomic E-state index is 14.3. The first-order valence-electron chi connectivity index (χ1n) is 11.4. The van der Waals surface area contributed by atoms with Gasteiger partial charge in [-0.05, 0) is 36.0 Å². The summed E-state index contributed by atoms with van der Waals surface area (Å²) in [5.74, 6) is -0.121. The molecule has 6 nitrogen and oxygen atoms in total. The van der Waals surface area contributed by atoms with E-state index >= 15 is 0 Å². The van der Waals surface area contributed by atoms with Crippen LogP contribution in [0.25, 0.3) is 6.08 Å². The molecule has 3 aliphatic rings. The molecule has 166 valence electrons. The summed E-state index contributed by atoms with van der Waals surface area (Å²) in [5.41, 5.74) is 4.68. The molecule has 0 atom stereocenters. The molecule has 32 heavy (non-hydrogen) atoms. The topological polar surface area (TPSA) is 66.4 Å². The Hall–Kier alpha value is -2.93. The van der Waals surface area contributed by atoms with Crippen LogP contribution in [0.4, 0.5) is 10.1 Å². The lowest BCUT2D eigenvalue weighted by Crippen LogP contribution is -2.46. The van der Waals surface area contributed by atoms with Gasteiger partial charge in [0.05, 0.1) is 17.6 Å². The Morgan fingerprint density at radius 2 is 1.91 bits per heavy atom. The van der Waals surface area contributed by atoms with E-state index in [4.69, 9.17) is 0 Å². The number of hydrogen-bond donors (Lipinski definition) is 0. The number of ketones is 2. The molecule has 3 heterocycles. The van der Waals surface area contributed by atoms with Gasteiger partial charge in [-0.3, -0.25) is 19.5 Å². The molecule has 5 rings (SSSR count). The Balaban J connectivity index is 1.21. The van der Waals surface area contributed by atoms with Crippen molar-refractivity contribution in [2.45, 2.75) is 39.2 Å². The van der Waals surface area contributed by atoms with Crippen LogP contribution in [0.3, 0.4) is 0 Å². The summed E-state index contributed by atoms with van der Waals surface area (Å²) < 4.78 is 14.3. The highest BCUT2D eigenvalue weighted by Crippen LogP contribution is 2.40. The van der Waals surface area contributed by atoms with Gasteiger partial charge in [-0.2, -0.15) is 0 Å². The van der Waals surface area contributed by atoms with Crippen LogP contribution < -0.4 is 4.90 Å². The Morgan fingerprint density at radius 3 is 2.59 bits per heavy atom. The molecule has 2 fully saturated rings. The number of nitrogens with zero attached hydrogens (tertiary/aromatic N) is 4. The number of aromatic nitrogens is 2. The summed E-state index contributed by atoms with van der Waals surface area (Å²) in [4.78, 5) is 37.3. The third-order valence-electron chi connectivity index (χ3n) is 6.60. The number of anilines is 1. The van der Waals surface area contributed by atoms with Gasteiger partial charge in [-0.15, -0.1) is 0 Å². The predicted octanol–water partition coefficient (Wildman–Crippen LogP) is 3.45. The number of carbonyl (C=O) groups is 2. The third kappa shape index (κ3) is 4.21. The average Bonchev–Trinajstić information content (AvgIpc) is 3.64. The number of hydrogen-bond acceptors (Lipinski definition) is 6. The number of allylic oxidation sites excluding steroid dienone is 1. The van der Waals surface area contributed by atoms with Crippen molar-refractivity contribution >= 4 is 23.3 Å². The van der Waals surface area contributed by atoms with Crippen LogP contribution in [-0.2, 0) is 17.8 Å². The van der Waals surface area contributed by atoms with Gasteiger partial charge in [-0.1, -0.05) is 13.0 Å². The first-order chi connectivity index (χ1) is 15.5. The number of carbonyl (C=O) groups excluding carboxylic acids is 2. The van der Waals surface area contributed by atoms with E-state index < -0.39 is 5.82 Å². The van der Waals surface area contributed by atoms with Crippen molar-refractivity contribution in [1.29, 1.82) is 0 Å². The van der Waals surface area contributed by atoms with Crippen LogP contribution in [-0.4, -0.2) is 52.6 Å². The van der Waals surface area contributed by atoms with Gasteiger partial charge in [0.15, 0.2) is 17.4 Å². The zero-order chi connectivity index (χ0) is 22.2. The van der Waals surface area contributed by atoms with Gasteiger partial charge >= 0.3 is 0 Å². The molecule has 0 amide bonds. The van der Waals surface area contributed by atoms with Gasteiger partial charge in [0.2, 0.25) is 0 Å². The lowest BCUT2D eigenvalue weighted by Gasteiger charge is -2.36. The van der Waals surface area contributed by atoms with E-state index in [1.54, 1.807) is 13.1 Å². The largest absolute Gasteiger partial charge is 0.368 e. The molecule has 1 saturated carbocycles. The van der Waals surface area contributed by atoms with Crippen LogP contribution in [0.15, 0.2) is 30.1 Å². The molecule has 0 unspecified atom stereocenters. The summed E-state index contributed by atoms with van der Waals surface area (Å²) >= 11 is 0. The molecule has 0 N–H and O–H groups in total. The molecule has 0 radical (unpaired) electrons. The molecule has 0 spiro atoms. The Labute approximate surface area is 187 Å². The van der Waals surface area contributed by atoms with Crippen molar-refractivity contribution in [3.05, 3.63) is 58.4 Å². The van der Waals surface area contributed by atoms with Crippen LogP contribution in [0.1, 0.15) is 53.5 Å². The highest BCUT2D eigenvalue weighted by atomic mass is 19.1. The van der Waals surface area contributed by atoms with Gasteiger partial charge in [-0.25, -0.2) is 9.37 Å². The van der Waals surface area contributed by atoms with Crippen LogP contribution in [0, 0.1) is 11.7 Å². The van der Waals surface area contributed by atoms with E-state index in [1.165, 1.54) is 6.07 Å². The lowest BCUT2D eigenvalue weighted by atomic mass is 9.91. The summed E-state index contributed by atoms with van der Waals surface area (Å²) in [5, 5.41) is 0. The van der Waals surface area contributed by atoms with Crippen molar-refractivity contribution < 1.29 is 14.0 Å². The molecule has 2 aliphatic carbocycles. The molecular weight excluding hydrogens is 407 g/mol. The fraction of sp³-hybridized carbons (Fsp3) is 0.440. The minimum absolute atomic E-state index is 0.0765. The first kappa shape index (κ1) is 20.9. The maximum atomic E-state index is 14.3. The zero-order valence-corrected chi connectivity index (χ0v) is 18.3. The highest BCUT2D eigenvalue weighted by Gasteiger charge is 2.33. The van der Waals surface area contributed by atoms with Crippen LogP contribution in [0.5, 0.6) is 0 Å². The molecule has 0 aromatic carbocycles. The Morgan fingerprint density at radius 1 is 1.12 bits per heavy atom. The van der Waals surface area contributed by atoms with Crippen molar-refractivity contribution in [1.82, 2.24) is 14.9 Å². The number of fused-ring (bicyclic) bond motifs is 1. The van der Waals surface area contributed by atoms with E-state index in [2.05, 4.69) is 25.8 Å². The Bertz CT molecular complexity index is 1100. The smallest absolute Gasteiger partial charge is 0.183 e. The summed E-state index contributed by atoms with van der Waals surface area (Å²) in [6, 6.07) is 3.54. The molecule has 7 heteroatoms. The fourth-order valence-corrected chi connectivity index (χ4v) is 4.57. The second kappa shape index (κ2) is 8.54. The molecule has 2 aromatic rings.